The zero-order valence-electron chi connectivity index (χ0n) is 15.3. The average molecular weight is 371 g/mol. The molecule has 6 heteroatoms. The summed E-state index contributed by atoms with van der Waals surface area (Å²) in [7, 11) is 0. The molecule has 0 unspecified atom stereocenters. The van der Waals surface area contributed by atoms with Crippen molar-refractivity contribution >= 4 is 23.3 Å². The number of anilines is 1. The fourth-order valence-corrected chi connectivity index (χ4v) is 2.42. The molecule has 0 radical (unpaired) electrons. The number of amides is 1. The molecule has 0 spiro atoms. The van der Waals surface area contributed by atoms with E-state index >= 15 is 0 Å². The van der Waals surface area contributed by atoms with E-state index in [1.807, 2.05) is 13.8 Å². The lowest BCUT2D eigenvalue weighted by atomic mass is 10.1. The molecule has 1 amide bonds. The van der Waals surface area contributed by atoms with Crippen molar-refractivity contribution < 1.29 is 23.5 Å². The smallest absolute Gasteiger partial charge is 0.310 e. The van der Waals surface area contributed by atoms with Crippen molar-refractivity contribution in [1.82, 2.24) is 0 Å². The Labute approximate surface area is 157 Å². The third-order valence-corrected chi connectivity index (χ3v) is 3.69. The van der Waals surface area contributed by atoms with Crippen LogP contribution in [0, 0.1) is 11.7 Å². The summed E-state index contributed by atoms with van der Waals surface area (Å²) in [5, 5.41) is 2.76. The highest BCUT2D eigenvalue weighted by molar-refractivity contribution is 5.99. The Bertz CT molecular complexity index is 815. The summed E-state index contributed by atoms with van der Waals surface area (Å²) >= 11 is 0. The summed E-state index contributed by atoms with van der Waals surface area (Å²) in [6.07, 6.45) is 0.313. The molecule has 0 fully saturated rings. The predicted octanol–water partition coefficient (Wildman–Crippen LogP) is 3.78. The van der Waals surface area contributed by atoms with Gasteiger partial charge in [-0.15, -0.1) is 0 Å². The summed E-state index contributed by atoms with van der Waals surface area (Å²) in [4.78, 5) is 35.6. The van der Waals surface area contributed by atoms with Gasteiger partial charge in [0.05, 0.1) is 6.42 Å². The van der Waals surface area contributed by atoms with Crippen molar-refractivity contribution in [2.75, 3.05) is 11.9 Å². The Balaban J connectivity index is 1.83. The fraction of sp³-hybridized carbons (Fsp3) is 0.286. The Kier molecular flexibility index (Phi) is 7.23. The van der Waals surface area contributed by atoms with E-state index in [4.69, 9.17) is 4.74 Å². The largest absolute Gasteiger partial charge is 0.457 e. The quantitative estimate of drug-likeness (QED) is 0.566. The third-order valence-electron chi connectivity index (χ3n) is 3.69. The molecular formula is C21H22FNO4. The van der Waals surface area contributed by atoms with Crippen LogP contribution in [0.25, 0.3) is 0 Å². The molecule has 0 aliphatic heterocycles. The van der Waals surface area contributed by atoms with E-state index in [0.29, 0.717) is 23.2 Å². The Morgan fingerprint density at radius 1 is 1.07 bits per heavy atom. The van der Waals surface area contributed by atoms with Gasteiger partial charge in [0.25, 0.3) is 0 Å². The normalized spacial score (nSPS) is 10.5. The first-order valence-corrected chi connectivity index (χ1v) is 8.66. The van der Waals surface area contributed by atoms with Crippen LogP contribution in [0.3, 0.4) is 0 Å². The van der Waals surface area contributed by atoms with Crippen LogP contribution < -0.4 is 5.32 Å². The van der Waals surface area contributed by atoms with Crippen LogP contribution in [-0.2, 0) is 20.7 Å². The van der Waals surface area contributed by atoms with Crippen molar-refractivity contribution in [3.05, 3.63) is 65.5 Å². The number of ketones is 1. The first-order chi connectivity index (χ1) is 12.8. The Hall–Kier alpha value is -3.02. The number of rotatable bonds is 8. The zero-order chi connectivity index (χ0) is 19.8. The summed E-state index contributed by atoms with van der Waals surface area (Å²) in [6.45, 7) is 3.51. The lowest BCUT2D eigenvalue weighted by Gasteiger charge is -2.08. The van der Waals surface area contributed by atoms with E-state index in [9.17, 15) is 18.8 Å². The van der Waals surface area contributed by atoms with E-state index in [1.54, 1.807) is 30.3 Å². The highest BCUT2D eigenvalue weighted by atomic mass is 19.1. The highest BCUT2D eigenvalue weighted by Crippen LogP contribution is 2.12. The van der Waals surface area contributed by atoms with Gasteiger partial charge in [0.15, 0.2) is 12.4 Å². The van der Waals surface area contributed by atoms with Gasteiger partial charge in [0.2, 0.25) is 5.91 Å². The van der Waals surface area contributed by atoms with Crippen molar-refractivity contribution in [1.29, 1.82) is 0 Å². The number of halogens is 1. The minimum atomic E-state index is -0.605. The molecule has 0 heterocycles. The number of hydrogen-bond acceptors (Lipinski definition) is 4. The van der Waals surface area contributed by atoms with Crippen LogP contribution in [0.5, 0.6) is 0 Å². The van der Waals surface area contributed by atoms with Gasteiger partial charge in [0.1, 0.15) is 5.82 Å². The van der Waals surface area contributed by atoms with Gasteiger partial charge in [-0.3, -0.25) is 14.4 Å². The van der Waals surface area contributed by atoms with Gasteiger partial charge in [-0.25, -0.2) is 4.39 Å². The van der Waals surface area contributed by atoms with Gasteiger partial charge >= 0.3 is 5.97 Å². The molecule has 0 saturated carbocycles. The molecule has 0 aromatic heterocycles. The lowest BCUT2D eigenvalue weighted by molar-refractivity contribution is -0.141. The minimum absolute atomic E-state index is 0.0876. The van der Waals surface area contributed by atoms with E-state index < -0.39 is 18.4 Å². The van der Waals surface area contributed by atoms with Gasteiger partial charge in [-0.1, -0.05) is 26.0 Å². The number of carbonyl (C=O) groups excluding carboxylic acids is 3. The number of hydrogen-bond donors (Lipinski definition) is 1. The molecular weight excluding hydrogens is 349 g/mol. The second-order valence-corrected chi connectivity index (χ2v) is 6.61. The summed E-state index contributed by atoms with van der Waals surface area (Å²) in [6, 6.07) is 12.0. The van der Waals surface area contributed by atoms with Crippen LogP contribution in [-0.4, -0.2) is 24.3 Å². The third kappa shape index (κ3) is 7.01. The lowest BCUT2D eigenvalue weighted by Crippen LogP contribution is -2.16. The number of nitrogens with one attached hydrogen (secondary N) is 1. The molecule has 2 aromatic rings. The maximum absolute atomic E-state index is 13.1. The monoisotopic (exact) mass is 371 g/mol. The second-order valence-electron chi connectivity index (χ2n) is 6.61. The number of Topliss-reactive ketones (excluding diaryl/α,β-unsaturated/α-hetero) is 1. The average Bonchev–Trinajstić information content (AvgIpc) is 2.59. The fourth-order valence-electron chi connectivity index (χ4n) is 2.42. The molecule has 0 aliphatic carbocycles. The molecule has 0 bridgehead atoms. The number of benzene rings is 2. The molecule has 2 rings (SSSR count). The number of carbonyl (C=O) groups is 3. The van der Waals surface area contributed by atoms with E-state index in [-0.39, 0.29) is 24.0 Å². The first kappa shape index (κ1) is 20.3. The SMILES string of the molecule is CC(C)CC(=O)Nc1ccc(C(=O)COC(=O)Cc2cccc(F)c2)cc1. The summed E-state index contributed by atoms with van der Waals surface area (Å²) in [5.41, 5.74) is 1.45. The maximum atomic E-state index is 13.1. The molecule has 2 aromatic carbocycles. The van der Waals surface area contributed by atoms with Crippen molar-refractivity contribution in [2.45, 2.75) is 26.7 Å². The first-order valence-electron chi connectivity index (χ1n) is 8.66. The van der Waals surface area contributed by atoms with E-state index in [2.05, 4.69) is 5.32 Å². The Morgan fingerprint density at radius 3 is 2.41 bits per heavy atom. The van der Waals surface area contributed by atoms with E-state index in [0.717, 1.165) is 0 Å². The van der Waals surface area contributed by atoms with Crippen LogP contribution in [0.15, 0.2) is 48.5 Å². The van der Waals surface area contributed by atoms with Gasteiger partial charge < -0.3 is 10.1 Å². The second kappa shape index (κ2) is 9.62. The minimum Gasteiger partial charge on any atom is -0.457 e. The van der Waals surface area contributed by atoms with Crippen molar-refractivity contribution in [2.24, 2.45) is 5.92 Å². The molecule has 0 atom stereocenters. The Morgan fingerprint density at radius 2 is 1.78 bits per heavy atom. The van der Waals surface area contributed by atoms with Gasteiger partial charge in [-0.05, 0) is 47.9 Å². The van der Waals surface area contributed by atoms with Gasteiger partial charge in [-0.2, -0.15) is 0 Å². The van der Waals surface area contributed by atoms with Crippen molar-refractivity contribution in [3.8, 4) is 0 Å². The van der Waals surface area contributed by atoms with Crippen LogP contribution in [0.1, 0.15) is 36.2 Å². The topological polar surface area (TPSA) is 72.5 Å². The summed E-state index contributed by atoms with van der Waals surface area (Å²) < 4.78 is 18.1. The molecule has 0 aliphatic rings. The molecule has 5 nitrogen and oxygen atoms in total. The van der Waals surface area contributed by atoms with E-state index in [1.165, 1.54) is 18.2 Å². The van der Waals surface area contributed by atoms with Crippen LogP contribution in [0.4, 0.5) is 10.1 Å². The highest BCUT2D eigenvalue weighted by Gasteiger charge is 2.12. The number of esters is 1. The van der Waals surface area contributed by atoms with Gasteiger partial charge in [0, 0.05) is 17.7 Å². The molecule has 0 saturated heterocycles. The standard InChI is InChI=1S/C21H22FNO4/c1-14(2)10-20(25)23-18-8-6-16(7-9-18)19(24)13-27-21(26)12-15-4-3-5-17(22)11-15/h3-9,11,14H,10,12-13H2,1-2H3,(H,23,25). The van der Waals surface area contributed by atoms with Crippen LogP contribution in [0.2, 0.25) is 0 Å². The number of ether oxygens (including phenoxy) is 1. The molecule has 27 heavy (non-hydrogen) atoms. The van der Waals surface area contributed by atoms with Crippen LogP contribution >= 0.6 is 0 Å². The van der Waals surface area contributed by atoms with Crippen molar-refractivity contribution in [3.63, 3.8) is 0 Å². The zero-order valence-corrected chi connectivity index (χ0v) is 15.3. The maximum Gasteiger partial charge on any atom is 0.310 e. The molecule has 142 valence electrons. The molecule has 1 N–H and O–H groups in total. The predicted molar refractivity (Wildman–Crippen MR) is 99.9 cm³/mol. The summed E-state index contributed by atoms with van der Waals surface area (Å²) in [5.74, 6) is -1.23.